The number of rotatable bonds is 9. The summed E-state index contributed by atoms with van der Waals surface area (Å²) < 4.78 is 1.76. The van der Waals surface area contributed by atoms with E-state index >= 15 is 0 Å². The number of nitriles is 1. The molecule has 2 aliphatic carbocycles. The second-order valence-electron chi connectivity index (χ2n) is 13.0. The molecule has 0 radical (unpaired) electrons. The molecule has 5 heterocycles. The molecule has 3 aliphatic rings. The van der Waals surface area contributed by atoms with Gasteiger partial charge in [-0.1, -0.05) is 24.2 Å². The van der Waals surface area contributed by atoms with Crippen LogP contribution in [0, 0.1) is 23.2 Å². The fraction of sp³-hybridized carbons (Fsp3) is 0.500. The highest BCUT2D eigenvalue weighted by Gasteiger charge is 2.43. The third-order valence-electron chi connectivity index (χ3n) is 9.64. The molecule has 6 atom stereocenters. The number of pyridine rings is 1. The minimum atomic E-state index is -1.04. The van der Waals surface area contributed by atoms with Crippen LogP contribution in [0.1, 0.15) is 52.4 Å². The van der Waals surface area contributed by atoms with E-state index in [-0.39, 0.29) is 24.0 Å². The zero-order chi connectivity index (χ0) is 33.4. The molecule has 16 heteroatoms. The number of aromatic nitrogens is 6. The second-order valence-corrected chi connectivity index (χ2v) is 13.9. The highest BCUT2D eigenvalue weighted by atomic mass is 32.1. The van der Waals surface area contributed by atoms with Crippen LogP contribution in [0.25, 0.3) is 27.5 Å². The smallest absolute Gasteiger partial charge is 0.404 e. The number of carboxylic acid groups (broad SMARTS) is 1. The molecule has 0 unspecified atom stereocenters. The van der Waals surface area contributed by atoms with Gasteiger partial charge in [-0.2, -0.15) is 5.26 Å². The Labute approximate surface area is 281 Å². The van der Waals surface area contributed by atoms with Gasteiger partial charge in [0.2, 0.25) is 17.0 Å². The molecule has 15 nitrogen and oxygen atoms in total. The van der Waals surface area contributed by atoms with Crippen molar-refractivity contribution < 1.29 is 14.7 Å². The molecular formula is C32H38N12O3S. The van der Waals surface area contributed by atoms with Crippen molar-refractivity contribution >= 4 is 45.6 Å². The van der Waals surface area contributed by atoms with Gasteiger partial charge < -0.3 is 31.3 Å². The first-order valence-corrected chi connectivity index (χ1v) is 17.2. The van der Waals surface area contributed by atoms with Gasteiger partial charge in [0.05, 0.1) is 40.8 Å². The Morgan fingerprint density at radius 1 is 1.04 bits per heavy atom. The van der Waals surface area contributed by atoms with Crippen LogP contribution in [0.4, 0.5) is 21.6 Å². The fourth-order valence-electron chi connectivity index (χ4n) is 7.41. The first kappa shape index (κ1) is 31.6. The van der Waals surface area contributed by atoms with Crippen molar-refractivity contribution in [2.75, 3.05) is 28.6 Å². The average Bonchev–Trinajstić information content (AvgIpc) is 3.77. The van der Waals surface area contributed by atoms with E-state index in [4.69, 9.17) is 10.1 Å². The zero-order valence-corrected chi connectivity index (χ0v) is 27.6. The van der Waals surface area contributed by atoms with Gasteiger partial charge in [0.1, 0.15) is 6.04 Å². The van der Waals surface area contributed by atoms with E-state index < -0.39 is 12.1 Å². The average molecular weight is 671 g/mol. The molecule has 48 heavy (non-hydrogen) atoms. The van der Waals surface area contributed by atoms with E-state index in [9.17, 15) is 20.0 Å². The lowest BCUT2D eigenvalue weighted by Crippen LogP contribution is -2.52. The summed E-state index contributed by atoms with van der Waals surface area (Å²) in [7, 11) is 0. The minimum Gasteiger partial charge on any atom is -0.465 e. The van der Waals surface area contributed by atoms with Crippen molar-refractivity contribution in [2.24, 2.45) is 11.8 Å². The molecule has 0 aromatic carbocycles. The molecule has 7 rings (SSSR count). The Morgan fingerprint density at radius 2 is 1.81 bits per heavy atom. The number of piperidine rings is 1. The first-order valence-electron chi connectivity index (χ1n) is 16.4. The summed E-state index contributed by atoms with van der Waals surface area (Å²) in [6.45, 7) is 5.01. The van der Waals surface area contributed by atoms with Crippen molar-refractivity contribution in [3.05, 3.63) is 30.6 Å². The minimum absolute atomic E-state index is 0.0203. The van der Waals surface area contributed by atoms with Crippen LogP contribution >= 0.6 is 11.3 Å². The number of carbonyl (C=O) groups excluding carboxylic acids is 1. The van der Waals surface area contributed by atoms with Crippen LogP contribution in [0.3, 0.4) is 0 Å². The van der Waals surface area contributed by atoms with Crippen LogP contribution in [0.5, 0.6) is 0 Å². The van der Waals surface area contributed by atoms with Crippen LogP contribution < -0.4 is 26.2 Å². The third-order valence-corrected chi connectivity index (χ3v) is 10.7. The van der Waals surface area contributed by atoms with Gasteiger partial charge >= 0.3 is 6.09 Å². The summed E-state index contributed by atoms with van der Waals surface area (Å²) in [5.41, 5.74) is 3.59. The molecule has 2 saturated carbocycles. The van der Waals surface area contributed by atoms with E-state index in [0.29, 0.717) is 34.2 Å². The van der Waals surface area contributed by atoms with Gasteiger partial charge in [0.25, 0.3) is 0 Å². The molecule has 0 spiro atoms. The van der Waals surface area contributed by atoms with E-state index in [2.05, 4.69) is 47.4 Å². The highest BCUT2D eigenvalue weighted by Crippen LogP contribution is 2.41. The van der Waals surface area contributed by atoms with E-state index in [1.807, 2.05) is 18.2 Å². The number of nitrogens with zero attached hydrogens (tertiary/aromatic N) is 8. The molecule has 2 bridgehead atoms. The number of hydrogen-bond donors (Lipinski definition) is 5. The summed E-state index contributed by atoms with van der Waals surface area (Å²) >= 11 is 1.49. The van der Waals surface area contributed by atoms with Crippen LogP contribution in [0.2, 0.25) is 0 Å². The lowest BCUT2D eigenvalue weighted by molar-refractivity contribution is -0.120. The third kappa shape index (κ3) is 6.42. The summed E-state index contributed by atoms with van der Waals surface area (Å²) in [5.74, 6) is 1.19. The maximum Gasteiger partial charge on any atom is 0.404 e. The van der Waals surface area contributed by atoms with Crippen LogP contribution in [-0.2, 0) is 4.79 Å². The van der Waals surface area contributed by atoms with Crippen LogP contribution in [0.15, 0.2) is 30.6 Å². The zero-order valence-electron chi connectivity index (χ0n) is 26.8. The number of carbonyl (C=O) groups is 2. The molecule has 5 N–H and O–H groups in total. The molecule has 3 fully saturated rings. The lowest BCUT2D eigenvalue weighted by atomic mass is 9.90. The predicted molar refractivity (Wildman–Crippen MR) is 181 cm³/mol. The van der Waals surface area contributed by atoms with Gasteiger partial charge in [0.15, 0.2) is 5.01 Å². The monoisotopic (exact) mass is 670 g/mol. The number of anilines is 3. The van der Waals surface area contributed by atoms with Crippen molar-refractivity contribution in [3.63, 3.8) is 0 Å². The maximum atomic E-state index is 11.8. The van der Waals surface area contributed by atoms with Crippen molar-refractivity contribution in [3.8, 4) is 28.0 Å². The standard InChI is InChI=1S/C32H38N12O3S/c1-17(12-33)36-25-11-26(27-10-9-21-13-35-30(42-44(21)27)38-23-5-3-4-6-24(23)39-32(46)47)34-14-22(25)29-40-41-31(48-29)43-15-19-7-8-20(16-43)28(19)37-18(2)45/h9-11,13-14,17,19-20,23-24,28,39H,3-8,15-16H2,1-2H3,(H,34,36)(H,37,45)(H,38,42)(H,46,47)/t17-,19-,20+,23-,24+,28-/m1/s1. The SMILES string of the molecule is CC(=O)N[C@@H]1[C@@H]2CC[C@H]1CN(c1nnc(-c3cnc(-c4ccc5cnc(N[C@@H]6CCCC[C@@H]6NC(=O)O)nn45)cc3N[C@H](C)C#N)s1)C2. The van der Waals surface area contributed by atoms with Crippen LogP contribution in [-0.4, -0.2) is 84.1 Å². The molecule has 4 aromatic rings. The van der Waals surface area contributed by atoms with Gasteiger partial charge in [0, 0.05) is 44.0 Å². The summed E-state index contributed by atoms with van der Waals surface area (Å²) in [5, 5.41) is 46.8. The highest BCUT2D eigenvalue weighted by molar-refractivity contribution is 7.18. The molecule has 250 valence electrons. The quantitative estimate of drug-likeness (QED) is 0.172. The number of fused-ring (bicyclic) bond motifs is 3. The van der Waals surface area contributed by atoms with E-state index in [0.717, 1.165) is 73.5 Å². The molecule has 1 saturated heterocycles. The van der Waals surface area contributed by atoms with E-state index in [1.165, 1.54) is 11.3 Å². The predicted octanol–water partition coefficient (Wildman–Crippen LogP) is 3.98. The summed E-state index contributed by atoms with van der Waals surface area (Å²) in [6, 6.07) is 7.37. The van der Waals surface area contributed by atoms with Gasteiger partial charge in [-0.05, 0) is 62.6 Å². The van der Waals surface area contributed by atoms with Gasteiger partial charge in [-0.25, -0.2) is 14.3 Å². The van der Waals surface area contributed by atoms with Crippen molar-refractivity contribution in [2.45, 2.75) is 76.5 Å². The Morgan fingerprint density at radius 3 is 2.54 bits per heavy atom. The number of amides is 2. The molecule has 1 aliphatic heterocycles. The topological polar surface area (TPSA) is 198 Å². The van der Waals surface area contributed by atoms with Crippen molar-refractivity contribution in [1.82, 2.24) is 40.4 Å². The molecule has 2 amide bonds. The number of hydrogen-bond acceptors (Lipinski definition) is 12. The van der Waals surface area contributed by atoms with Gasteiger partial charge in [-0.15, -0.1) is 15.3 Å². The second kappa shape index (κ2) is 13.2. The van der Waals surface area contributed by atoms with Crippen molar-refractivity contribution in [1.29, 1.82) is 5.26 Å². The summed E-state index contributed by atoms with van der Waals surface area (Å²) in [4.78, 5) is 34.7. The molecular weight excluding hydrogens is 632 g/mol. The Hall–Kier alpha value is -5.04. The number of nitrogens with one attached hydrogen (secondary N) is 4. The Kier molecular flexibility index (Phi) is 8.69. The first-order chi connectivity index (χ1) is 23.2. The van der Waals surface area contributed by atoms with E-state index in [1.54, 1.807) is 30.8 Å². The van der Waals surface area contributed by atoms with Gasteiger partial charge in [-0.3, -0.25) is 9.78 Å². The Balaban J connectivity index is 1.15. The summed E-state index contributed by atoms with van der Waals surface area (Å²) in [6.07, 6.45) is 8.13. The lowest BCUT2D eigenvalue weighted by Gasteiger charge is -2.37. The molecule has 4 aromatic heterocycles. The normalized spacial score (nSPS) is 24.1. The largest absolute Gasteiger partial charge is 0.465 e. The Bertz CT molecular complexity index is 1860. The maximum absolute atomic E-state index is 11.8. The fourth-order valence-corrected chi connectivity index (χ4v) is 8.30.